The molecule has 20 heavy (non-hydrogen) atoms. The summed E-state index contributed by atoms with van der Waals surface area (Å²) in [6, 6.07) is 0. The molecule has 0 bridgehead atoms. The molecule has 0 aromatic heterocycles. The van der Waals surface area contributed by atoms with Gasteiger partial charge in [-0.25, -0.2) is 0 Å². The van der Waals surface area contributed by atoms with Crippen LogP contribution in [0.15, 0.2) is 0 Å². The van der Waals surface area contributed by atoms with E-state index in [1.165, 1.54) is 25.7 Å². The molecule has 1 N–H and O–H groups in total. The molecule has 1 amide bonds. The topological polar surface area (TPSA) is 57.6 Å². The Morgan fingerprint density at radius 2 is 1.90 bits per heavy atom. The zero-order valence-electron chi connectivity index (χ0n) is 12.3. The van der Waals surface area contributed by atoms with Crippen molar-refractivity contribution in [2.45, 2.75) is 51.9 Å². The fraction of sp³-hybridized carbons (Fsp3) is 0.875. The van der Waals surface area contributed by atoms with Gasteiger partial charge in [-0.05, 0) is 37.5 Å². The number of hydrogen-bond acceptors (Lipinski definition) is 2. The highest BCUT2D eigenvalue weighted by atomic mass is 16.4. The molecule has 4 nitrogen and oxygen atoms in total. The van der Waals surface area contributed by atoms with Crippen molar-refractivity contribution in [3.63, 3.8) is 0 Å². The Balaban J connectivity index is 1.65. The van der Waals surface area contributed by atoms with Crippen LogP contribution in [0.2, 0.25) is 0 Å². The van der Waals surface area contributed by atoms with Gasteiger partial charge in [-0.1, -0.05) is 26.2 Å². The number of fused-ring (bicyclic) bond motifs is 1. The number of likely N-dealkylation sites (tertiary alicyclic amines) is 1. The van der Waals surface area contributed by atoms with E-state index in [9.17, 15) is 14.7 Å². The quantitative estimate of drug-likeness (QED) is 0.860. The predicted molar refractivity (Wildman–Crippen MR) is 75.1 cm³/mol. The molecule has 1 aliphatic heterocycles. The van der Waals surface area contributed by atoms with Gasteiger partial charge < -0.3 is 10.0 Å². The Morgan fingerprint density at radius 1 is 1.25 bits per heavy atom. The molecule has 3 atom stereocenters. The molecule has 1 saturated heterocycles. The molecule has 0 spiro atoms. The second-order valence-corrected chi connectivity index (χ2v) is 6.98. The van der Waals surface area contributed by atoms with Gasteiger partial charge in [0.2, 0.25) is 5.91 Å². The highest BCUT2D eigenvalue weighted by Crippen LogP contribution is 2.56. The van der Waals surface area contributed by atoms with Crippen molar-refractivity contribution in [3.05, 3.63) is 0 Å². The molecule has 1 heterocycles. The second kappa shape index (κ2) is 5.05. The van der Waals surface area contributed by atoms with Gasteiger partial charge >= 0.3 is 5.97 Å². The van der Waals surface area contributed by atoms with Crippen molar-refractivity contribution in [1.82, 2.24) is 4.90 Å². The number of aliphatic carboxylic acids is 1. The first-order valence-electron chi connectivity index (χ1n) is 8.11. The van der Waals surface area contributed by atoms with Gasteiger partial charge in [-0.15, -0.1) is 0 Å². The van der Waals surface area contributed by atoms with Crippen molar-refractivity contribution in [1.29, 1.82) is 0 Å². The second-order valence-electron chi connectivity index (χ2n) is 6.98. The summed E-state index contributed by atoms with van der Waals surface area (Å²) >= 11 is 0. The van der Waals surface area contributed by atoms with Crippen LogP contribution in [0.25, 0.3) is 0 Å². The van der Waals surface area contributed by atoms with Crippen molar-refractivity contribution < 1.29 is 14.7 Å². The number of carboxylic acid groups (broad SMARTS) is 1. The van der Waals surface area contributed by atoms with Crippen LogP contribution in [0, 0.1) is 23.2 Å². The van der Waals surface area contributed by atoms with Crippen molar-refractivity contribution in [2.24, 2.45) is 23.2 Å². The molecule has 3 aliphatic rings. The third-order valence-electron chi connectivity index (χ3n) is 5.79. The van der Waals surface area contributed by atoms with Gasteiger partial charge in [-0.3, -0.25) is 9.59 Å². The van der Waals surface area contributed by atoms with Crippen molar-refractivity contribution >= 4 is 11.9 Å². The zero-order chi connectivity index (χ0) is 14.3. The average Bonchev–Trinajstić information content (AvgIpc) is 3.00. The molecular weight excluding hydrogens is 254 g/mol. The fourth-order valence-electron chi connectivity index (χ4n) is 4.59. The predicted octanol–water partition coefficient (Wildman–Crippen LogP) is 2.53. The monoisotopic (exact) mass is 279 g/mol. The molecule has 3 rings (SSSR count). The molecule has 2 aliphatic carbocycles. The SMILES string of the molecule is CCCC1(C(=O)O)CCN(C(=O)C2C3CCCCC32)C1. The third kappa shape index (κ3) is 2.13. The largest absolute Gasteiger partial charge is 0.481 e. The van der Waals surface area contributed by atoms with E-state index in [2.05, 4.69) is 0 Å². The molecule has 0 aromatic carbocycles. The smallest absolute Gasteiger partial charge is 0.311 e. The number of nitrogens with zero attached hydrogens (tertiary/aromatic N) is 1. The summed E-state index contributed by atoms with van der Waals surface area (Å²) in [5, 5.41) is 9.52. The lowest BCUT2D eigenvalue weighted by Crippen LogP contribution is -2.37. The molecule has 4 heteroatoms. The highest BCUT2D eigenvalue weighted by Gasteiger charge is 2.57. The van der Waals surface area contributed by atoms with Crippen LogP contribution in [0.4, 0.5) is 0 Å². The molecule has 2 saturated carbocycles. The first kappa shape index (κ1) is 13.9. The molecular formula is C16H25NO3. The molecule has 112 valence electrons. The Bertz CT molecular complexity index is 410. The molecule has 3 fully saturated rings. The van der Waals surface area contributed by atoms with Gasteiger partial charge in [0, 0.05) is 19.0 Å². The zero-order valence-corrected chi connectivity index (χ0v) is 12.3. The lowest BCUT2D eigenvalue weighted by molar-refractivity contribution is -0.149. The van der Waals surface area contributed by atoms with Crippen LogP contribution in [0.5, 0.6) is 0 Å². The van der Waals surface area contributed by atoms with Gasteiger partial charge in [0.15, 0.2) is 0 Å². The molecule has 3 unspecified atom stereocenters. The van der Waals surface area contributed by atoms with Gasteiger partial charge in [0.05, 0.1) is 5.41 Å². The summed E-state index contributed by atoms with van der Waals surface area (Å²) in [5.74, 6) is 0.984. The lowest BCUT2D eigenvalue weighted by atomic mass is 9.83. The fourth-order valence-corrected chi connectivity index (χ4v) is 4.59. The standard InChI is InChI=1S/C16H25NO3/c1-2-7-16(15(19)20)8-9-17(10-16)14(18)13-11-5-3-4-6-12(11)13/h11-13H,2-10H2,1H3,(H,19,20). The summed E-state index contributed by atoms with van der Waals surface area (Å²) in [6.07, 6.45) is 7.11. The normalized spacial score (nSPS) is 39.5. The summed E-state index contributed by atoms with van der Waals surface area (Å²) in [6.45, 7) is 3.09. The van der Waals surface area contributed by atoms with Gasteiger partial charge in [-0.2, -0.15) is 0 Å². The Hall–Kier alpha value is -1.06. The summed E-state index contributed by atoms with van der Waals surface area (Å²) in [5.41, 5.74) is -0.676. The molecule has 0 radical (unpaired) electrons. The first-order chi connectivity index (χ1) is 9.59. The Morgan fingerprint density at radius 3 is 2.45 bits per heavy atom. The van der Waals surface area contributed by atoms with Gasteiger partial charge in [0.25, 0.3) is 0 Å². The summed E-state index contributed by atoms with van der Waals surface area (Å²) in [4.78, 5) is 26.1. The summed E-state index contributed by atoms with van der Waals surface area (Å²) < 4.78 is 0. The first-order valence-corrected chi connectivity index (χ1v) is 8.11. The third-order valence-corrected chi connectivity index (χ3v) is 5.79. The maximum absolute atomic E-state index is 12.6. The lowest BCUT2D eigenvalue weighted by Gasteiger charge is -2.24. The number of hydrogen-bond donors (Lipinski definition) is 1. The van der Waals surface area contributed by atoms with Crippen LogP contribution >= 0.6 is 0 Å². The van der Waals surface area contributed by atoms with Gasteiger partial charge in [0.1, 0.15) is 0 Å². The van der Waals surface area contributed by atoms with Crippen LogP contribution in [0.1, 0.15) is 51.9 Å². The Kier molecular flexibility index (Phi) is 3.51. The van der Waals surface area contributed by atoms with E-state index in [1.54, 1.807) is 0 Å². The van der Waals surface area contributed by atoms with Crippen molar-refractivity contribution in [3.8, 4) is 0 Å². The average molecular weight is 279 g/mol. The summed E-state index contributed by atoms with van der Waals surface area (Å²) in [7, 11) is 0. The number of carbonyl (C=O) groups excluding carboxylic acids is 1. The number of rotatable bonds is 4. The Labute approximate surface area is 120 Å². The van der Waals surface area contributed by atoms with E-state index in [-0.39, 0.29) is 11.8 Å². The minimum Gasteiger partial charge on any atom is -0.481 e. The van der Waals surface area contributed by atoms with E-state index in [0.717, 1.165) is 6.42 Å². The maximum atomic E-state index is 12.6. The van der Waals surface area contributed by atoms with E-state index >= 15 is 0 Å². The number of amides is 1. The van der Waals surface area contributed by atoms with E-state index in [0.29, 0.717) is 37.8 Å². The number of carbonyl (C=O) groups is 2. The van der Waals surface area contributed by atoms with Crippen molar-refractivity contribution in [2.75, 3.05) is 13.1 Å². The maximum Gasteiger partial charge on any atom is 0.311 e. The number of carboxylic acids is 1. The van der Waals surface area contributed by atoms with Crippen LogP contribution < -0.4 is 0 Å². The van der Waals surface area contributed by atoms with E-state index in [4.69, 9.17) is 0 Å². The highest BCUT2D eigenvalue weighted by molar-refractivity contribution is 5.84. The minimum absolute atomic E-state index is 0.226. The van der Waals surface area contributed by atoms with E-state index in [1.807, 2.05) is 11.8 Å². The van der Waals surface area contributed by atoms with Crippen LogP contribution in [0.3, 0.4) is 0 Å². The van der Waals surface area contributed by atoms with E-state index < -0.39 is 11.4 Å². The molecule has 0 aromatic rings. The van der Waals surface area contributed by atoms with Crippen LogP contribution in [-0.2, 0) is 9.59 Å². The van der Waals surface area contributed by atoms with Crippen LogP contribution in [-0.4, -0.2) is 35.0 Å². The minimum atomic E-state index is -0.720.